The molecule has 0 radical (unpaired) electrons. The molecule has 1 aromatic carbocycles. The fourth-order valence-electron chi connectivity index (χ4n) is 3.50. The van der Waals surface area contributed by atoms with Crippen LogP contribution in [0.5, 0.6) is 0 Å². The highest BCUT2D eigenvalue weighted by molar-refractivity contribution is 7.19. The first-order valence-corrected chi connectivity index (χ1v) is 11.2. The predicted octanol–water partition coefficient (Wildman–Crippen LogP) is 3.76. The zero-order valence-electron chi connectivity index (χ0n) is 17.6. The van der Waals surface area contributed by atoms with Gasteiger partial charge in [-0.05, 0) is 43.2 Å². The van der Waals surface area contributed by atoms with Gasteiger partial charge in [0.2, 0.25) is 5.95 Å². The Bertz CT molecular complexity index is 1180. The van der Waals surface area contributed by atoms with Crippen molar-refractivity contribution in [2.45, 2.75) is 26.0 Å². The molecule has 0 spiro atoms. The highest BCUT2D eigenvalue weighted by Gasteiger charge is 2.45. The van der Waals surface area contributed by atoms with Crippen LogP contribution in [0.1, 0.15) is 19.4 Å². The lowest BCUT2D eigenvalue weighted by Gasteiger charge is -2.27. The van der Waals surface area contributed by atoms with Gasteiger partial charge in [0.1, 0.15) is 5.54 Å². The van der Waals surface area contributed by atoms with E-state index in [4.69, 9.17) is 16.6 Å². The van der Waals surface area contributed by atoms with E-state index in [-0.39, 0.29) is 12.5 Å². The molecule has 2 aromatic heterocycles. The lowest BCUT2D eigenvalue weighted by Crippen LogP contribution is -2.46. The van der Waals surface area contributed by atoms with Crippen molar-refractivity contribution in [1.82, 2.24) is 20.2 Å². The number of carbonyl (C=O) groups excluding carboxylic acids is 2. The van der Waals surface area contributed by atoms with E-state index in [9.17, 15) is 14.7 Å². The Morgan fingerprint density at radius 2 is 2.06 bits per heavy atom. The van der Waals surface area contributed by atoms with Gasteiger partial charge >= 0.3 is 6.03 Å². The number of imide groups is 1. The van der Waals surface area contributed by atoms with Crippen LogP contribution in [0, 0.1) is 0 Å². The molecule has 1 aliphatic heterocycles. The molecule has 0 bridgehead atoms. The van der Waals surface area contributed by atoms with Crippen LogP contribution in [0.15, 0.2) is 42.6 Å². The number of rotatable bonds is 7. The summed E-state index contributed by atoms with van der Waals surface area (Å²) in [4.78, 5) is 35.5. The second kappa shape index (κ2) is 8.85. The molecule has 3 aromatic rings. The van der Waals surface area contributed by atoms with Gasteiger partial charge in [-0.2, -0.15) is 0 Å². The lowest BCUT2D eigenvalue weighted by atomic mass is 10.0. The molecule has 0 atom stereocenters. The van der Waals surface area contributed by atoms with E-state index < -0.39 is 11.6 Å². The number of aromatic nitrogens is 2. The van der Waals surface area contributed by atoms with Gasteiger partial charge in [0.25, 0.3) is 5.91 Å². The van der Waals surface area contributed by atoms with Crippen LogP contribution in [-0.2, 0) is 11.4 Å². The van der Waals surface area contributed by atoms with Crippen LogP contribution >= 0.6 is 22.9 Å². The number of halogens is 1. The number of benzene rings is 1. The SMILES string of the molecule is CC1(C)C(=O)NC(=O)N1CCNc1ncc(-c2cccc(CO)c2)c(-c2ccc(Cl)s2)n1. The summed E-state index contributed by atoms with van der Waals surface area (Å²) in [5, 5.41) is 15.0. The van der Waals surface area contributed by atoms with E-state index in [2.05, 4.69) is 15.6 Å². The van der Waals surface area contributed by atoms with Crippen molar-refractivity contribution in [2.24, 2.45) is 0 Å². The molecule has 3 heterocycles. The molecule has 1 fully saturated rings. The van der Waals surface area contributed by atoms with E-state index >= 15 is 0 Å². The molecular formula is C22H22ClN5O3S. The molecule has 32 heavy (non-hydrogen) atoms. The molecule has 3 N–H and O–H groups in total. The average Bonchev–Trinajstić information content (AvgIpc) is 3.29. The van der Waals surface area contributed by atoms with Crippen molar-refractivity contribution in [3.8, 4) is 21.7 Å². The van der Waals surface area contributed by atoms with Gasteiger partial charge in [0.15, 0.2) is 0 Å². The topological polar surface area (TPSA) is 107 Å². The second-order valence-corrected chi connectivity index (χ2v) is 9.53. The number of nitrogens with zero attached hydrogens (tertiary/aromatic N) is 3. The third-order valence-corrected chi connectivity index (χ3v) is 6.57. The molecule has 8 nitrogen and oxygen atoms in total. The molecule has 0 saturated carbocycles. The summed E-state index contributed by atoms with van der Waals surface area (Å²) in [6.45, 7) is 4.04. The molecule has 0 aliphatic carbocycles. The third-order valence-electron chi connectivity index (χ3n) is 5.33. The average molecular weight is 472 g/mol. The van der Waals surface area contributed by atoms with E-state index in [1.807, 2.05) is 36.4 Å². The van der Waals surface area contributed by atoms with Gasteiger partial charge in [-0.1, -0.05) is 29.8 Å². The Balaban J connectivity index is 1.59. The number of anilines is 1. The van der Waals surface area contributed by atoms with Crippen LogP contribution in [0.4, 0.5) is 10.7 Å². The summed E-state index contributed by atoms with van der Waals surface area (Å²) in [6, 6.07) is 10.9. The summed E-state index contributed by atoms with van der Waals surface area (Å²) < 4.78 is 0.648. The lowest BCUT2D eigenvalue weighted by molar-refractivity contribution is -0.125. The first-order chi connectivity index (χ1) is 15.3. The molecule has 0 unspecified atom stereocenters. The van der Waals surface area contributed by atoms with Crippen molar-refractivity contribution >= 4 is 40.8 Å². The van der Waals surface area contributed by atoms with Gasteiger partial charge in [-0.25, -0.2) is 14.8 Å². The molecular weight excluding hydrogens is 450 g/mol. The number of hydrogen-bond donors (Lipinski definition) is 3. The normalized spacial score (nSPS) is 15.2. The first kappa shape index (κ1) is 22.2. The van der Waals surface area contributed by atoms with Crippen LogP contribution in [0.25, 0.3) is 21.7 Å². The number of aliphatic hydroxyl groups is 1. The van der Waals surface area contributed by atoms with E-state index in [0.717, 1.165) is 21.6 Å². The zero-order valence-corrected chi connectivity index (χ0v) is 19.1. The van der Waals surface area contributed by atoms with Gasteiger partial charge in [-0.15, -0.1) is 11.3 Å². The van der Waals surface area contributed by atoms with Crippen LogP contribution < -0.4 is 10.6 Å². The number of carbonyl (C=O) groups is 2. The number of nitrogens with one attached hydrogen (secondary N) is 2. The quantitative estimate of drug-likeness (QED) is 0.453. The molecule has 10 heteroatoms. The van der Waals surface area contributed by atoms with Crippen LogP contribution in [0.3, 0.4) is 0 Å². The Morgan fingerprint density at radius 1 is 1.25 bits per heavy atom. The van der Waals surface area contributed by atoms with Crippen molar-refractivity contribution in [3.05, 3.63) is 52.5 Å². The summed E-state index contributed by atoms with van der Waals surface area (Å²) in [6.07, 6.45) is 1.73. The minimum Gasteiger partial charge on any atom is -0.392 e. The van der Waals surface area contributed by atoms with Gasteiger partial charge in [0.05, 0.1) is 21.5 Å². The fourth-order valence-corrected chi connectivity index (χ4v) is 4.55. The summed E-state index contributed by atoms with van der Waals surface area (Å²) >= 11 is 7.57. The summed E-state index contributed by atoms with van der Waals surface area (Å²) in [5.74, 6) is 0.0837. The van der Waals surface area contributed by atoms with Crippen LogP contribution in [0.2, 0.25) is 4.34 Å². The molecule has 4 rings (SSSR count). The number of hydrogen-bond acceptors (Lipinski definition) is 7. The van der Waals surface area contributed by atoms with E-state index in [1.165, 1.54) is 16.2 Å². The Labute approximate surface area is 194 Å². The Morgan fingerprint density at radius 3 is 2.72 bits per heavy atom. The summed E-state index contributed by atoms with van der Waals surface area (Å²) in [7, 11) is 0. The zero-order chi connectivity index (χ0) is 22.9. The minimum absolute atomic E-state index is 0.0581. The maximum absolute atomic E-state index is 12.0. The minimum atomic E-state index is -0.903. The fraction of sp³-hybridized carbons (Fsp3) is 0.273. The molecule has 1 saturated heterocycles. The van der Waals surface area contributed by atoms with Crippen molar-refractivity contribution in [1.29, 1.82) is 0 Å². The maximum Gasteiger partial charge on any atom is 0.325 e. The first-order valence-electron chi connectivity index (χ1n) is 9.99. The largest absolute Gasteiger partial charge is 0.392 e. The second-order valence-electron chi connectivity index (χ2n) is 7.81. The smallest absolute Gasteiger partial charge is 0.325 e. The standard InChI is InChI=1S/C22H22ClN5O3S/c1-22(2)19(30)27-21(31)28(22)9-8-24-20-25-11-15(14-5-3-4-13(10-14)12-29)18(26-20)16-6-7-17(23)32-16/h3-7,10-11,29H,8-9,12H2,1-2H3,(H,24,25,26)(H,27,30,31). The summed E-state index contributed by atoms with van der Waals surface area (Å²) in [5.41, 5.74) is 2.30. The highest BCUT2D eigenvalue weighted by atomic mass is 35.5. The number of urea groups is 1. The Kier molecular flexibility index (Phi) is 6.14. The third kappa shape index (κ3) is 4.32. The van der Waals surface area contributed by atoms with Gasteiger partial charge < -0.3 is 15.3 Å². The molecule has 3 amide bonds. The van der Waals surface area contributed by atoms with Gasteiger partial charge in [-0.3, -0.25) is 10.1 Å². The van der Waals surface area contributed by atoms with E-state index in [1.54, 1.807) is 20.0 Å². The number of amides is 3. The van der Waals surface area contributed by atoms with Crippen LogP contribution in [-0.4, -0.2) is 50.5 Å². The maximum atomic E-state index is 12.0. The monoisotopic (exact) mass is 471 g/mol. The highest BCUT2D eigenvalue weighted by Crippen LogP contribution is 2.36. The number of aliphatic hydroxyl groups excluding tert-OH is 1. The molecule has 1 aliphatic rings. The van der Waals surface area contributed by atoms with Gasteiger partial charge in [0, 0.05) is 24.8 Å². The van der Waals surface area contributed by atoms with Crippen molar-refractivity contribution < 1.29 is 14.7 Å². The van der Waals surface area contributed by atoms with Crippen molar-refractivity contribution in [2.75, 3.05) is 18.4 Å². The Hall–Kier alpha value is -3.01. The number of thiophene rings is 1. The van der Waals surface area contributed by atoms with Crippen molar-refractivity contribution in [3.63, 3.8) is 0 Å². The predicted molar refractivity (Wildman–Crippen MR) is 125 cm³/mol. The van der Waals surface area contributed by atoms with E-state index in [0.29, 0.717) is 29.1 Å². The molecule has 166 valence electrons.